The zero-order chi connectivity index (χ0) is 21.6. The fourth-order valence-corrected chi connectivity index (χ4v) is 4.39. The second kappa shape index (κ2) is 9.61. The van der Waals surface area contributed by atoms with Gasteiger partial charge in [0.1, 0.15) is 6.61 Å². The summed E-state index contributed by atoms with van der Waals surface area (Å²) < 4.78 is 33.0. The second-order valence-corrected chi connectivity index (χ2v) is 8.69. The Morgan fingerprint density at radius 1 is 1.00 bits per heavy atom. The molecule has 3 aromatic carbocycles. The highest BCUT2D eigenvalue weighted by Crippen LogP contribution is 2.24. The minimum atomic E-state index is -3.90. The summed E-state index contributed by atoms with van der Waals surface area (Å²) in [5, 5.41) is 0.588. The number of nitrogens with zero attached hydrogens (tertiary/aromatic N) is 1. The topological polar surface area (TPSA) is 63.7 Å². The van der Waals surface area contributed by atoms with Crippen LogP contribution in [-0.2, 0) is 21.4 Å². The van der Waals surface area contributed by atoms with Crippen molar-refractivity contribution in [3.63, 3.8) is 0 Å². The quantitative estimate of drug-likeness (QED) is 0.361. The number of para-hydroxylation sites is 1. The molecular formula is C23H20ClNO4S. The van der Waals surface area contributed by atoms with Gasteiger partial charge in [-0.05, 0) is 48.0 Å². The van der Waals surface area contributed by atoms with E-state index in [1.165, 1.54) is 34.6 Å². The zero-order valence-corrected chi connectivity index (χ0v) is 17.6. The maximum atomic E-state index is 13.2. The van der Waals surface area contributed by atoms with Gasteiger partial charge in [0.05, 0.1) is 22.7 Å². The fraction of sp³-hybridized carbons (Fsp3) is 0.0870. The Hall–Kier alpha value is -3.09. The Bertz CT molecular complexity index is 1130. The normalized spacial score (nSPS) is 11.0. The Kier molecular flexibility index (Phi) is 6.92. The van der Waals surface area contributed by atoms with Gasteiger partial charge in [-0.25, -0.2) is 13.2 Å². The lowest BCUT2D eigenvalue weighted by Gasteiger charge is -2.23. The van der Waals surface area contributed by atoms with Crippen molar-refractivity contribution in [2.45, 2.75) is 11.5 Å². The zero-order valence-electron chi connectivity index (χ0n) is 16.1. The third-order valence-corrected chi connectivity index (χ3v) is 6.32. The van der Waals surface area contributed by atoms with Gasteiger partial charge in [-0.2, -0.15) is 0 Å². The summed E-state index contributed by atoms with van der Waals surface area (Å²) in [6.45, 7) is 3.80. The van der Waals surface area contributed by atoms with Gasteiger partial charge in [0.2, 0.25) is 0 Å². The predicted molar refractivity (Wildman–Crippen MR) is 118 cm³/mol. The minimum absolute atomic E-state index is 0.00542. The van der Waals surface area contributed by atoms with Crippen LogP contribution in [0.5, 0.6) is 0 Å². The van der Waals surface area contributed by atoms with Crippen LogP contribution in [0, 0.1) is 0 Å². The number of hydrogen-bond donors (Lipinski definition) is 0. The van der Waals surface area contributed by atoms with Crippen molar-refractivity contribution >= 4 is 33.3 Å². The molecule has 0 saturated heterocycles. The molecule has 30 heavy (non-hydrogen) atoms. The molecule has 7 heteroatoms. The molecule has 0 radical (unpaired) electrons. The van der Waals surface area contributed by atoms with Gasteiger partial charge in [0.15, 0.2) is 0 Å². The van der Waals surface area contributed by atoms with Crippen molar-refractivity contribution in [2.24, 2.45) is 0 Å². The highest BCUT2D eigenvalue weighted by molar-refractivity contribution is 7.92. The molecular weight excluding hydrogens is 422 g/mol. The maximum Gasteiger partial charge on any atom is 0.338 e. The third kappa shape index (κ3) is 5.09. The van der Waals surface area contributed by atoms with E-state index < -0.39 is 16.0 Å². The molecule has 0 spiro atoms. The van der Waals surface area contributed by atoms with Crippen molar-refractivity contribution in [1.82, 2.24) is 0 Å². The van der Waals surface area contributed by atoms with Gasteiger partial charge in [-0.1, -0.05) is 54.1 Å². The number of esters is 1. The number of anilines is 1. The average Bonchev–Trinajstić information content (AvgIpc) is 2.77. The summed E-state index contributed by atoms with van der Waals surface area (Å²) in [6.07, 6.45) is 1.51. The number of carbonyl (C=O) groups excluding carboxylic acids is 1. The first kappa shape index (κ1) is 21.6. The van der Waals surface area contributed by atoms with Gasteiger partial charge in [0, 0.05) is 5.02 Å². The first-order valence-corrected chi connectivity index (χ1v) is 10.9. The van der Waals surface area contributed by atoms with Crippen molar-refractivity contribution in [1.29, 1.82) is 0 Å². The lowest BCUT2D eigenvalue weighted by atomic mass is 10.2. The molecule has 0 unspecified atom stereocenters. The number of rotatable bonds is 8. The average molecular weight is 442 g/mol. The highest BCUT2D eigenvalue weighted by Gasteiger charge is 2.25. The first-order valence-electron chi connectivity index (χ1n) is 9.12. The van der Waals surface area contributed by atoms with Crippen LogP contribution in [0.25, 0.3) is 0 Å². The van der Waals surface area contributed by atoms with Crippen molar-refractivity contribution in [3.05, 3.63) is 108 Å². The summed E-state index contributed by atoms with van der Waals surface area (Å²) in [6, 6.07) is 21.4. The molecule has 0 aliphatic rings. The SMILES string of the molecule is C=CCN(c1ccccc1)S(=O)(=O)c1cccc(C(=O)OCc2ccc(Cl)cc2)c1. The van der Waals surface area contributed by atoms with Crippen LogP contribution in [0.2, 0.25) is 5.02 Å². The molecule has 0 atom stereocenters. The minimum Gasteiger partial charge on any atom is -0.457 e. The molecule has 3 aromatic rings. The van der Waals surface area contributed by atoms with Gasteiger partial charge >= 0.3 is 5.97 Å². The van der Waals surface area contributed by atoms with E-state index in [0.717, 1.165) is 5.56 Å². The van der Waals surface area contributed by atoms with Gasteiger partial charge in [0.25, 0.3) is 10.0 Å². The number of ether oxygens (including phenoxy) is 1. The molecule has 0 aliphatic heterocycles. The smallest absolute Gasteiger partial charge is 0.338 e. The third-order valence-electron chi connectivity index (χ3n) is 4.28. The molecule has 0 saturated carbocycles. The molecule has 0 bridgehead atoms. The molecule has 154 valence electrons. The van der Waals surface area contributed by atoms with Gasteiger partial charge in [-0.3, -0.25) is 4.31 Å². The standard InChI is InChI=1S/C23H20ClNO4S/c1-2-15-25(21-8-4-3-5-9-21)30(27,28)22-10-6-7-19(16-22)23(26)29-17-18-11-13-20(24)14-12-18/h2-14,16H,1,15,17H2. The first-order chi connectivity index (χ1) is 14.4. The van der Waals surface area contributed by atoms with E-state index in [1.54, 1.807) is 54.6 Å². The van der Waals surface area contributed by atoms with Crippen LogP contribution in [0.15, 0.2) is 96.4 Å². The molecule has 0 aliphatic carbocycles. The van der Waals surface area contributed by atoms with Gasteiger partial charge in [-0.15, -0.1) is 6.58 Å². The molecule has 0 fully saturated rings. The lowest BCUT2D eigenvalue weighted by molar-refractivity contribution is 0.0472. The summed E-state index contributed by atoms with van der Waals surface area (Å²) in [5.74, 6) is -0.614. The van der Waals surface area contributed by atoms with Crippen LogP contribution in [0.4, 0.5) is 5.69 Å². The largest absolute Gasteiger partial charge is 0.457 e. The van der Waals surface area contributed by atoms with Crippen LogP contribution >= 0.6 is 11.6 Å². The summed E-state index contributed by atoms with van der Waals surface area (Å²) >= 11 is 5.85. The van der Waals surface area contributed by atoms with Crippen LogP contribution in [0.1, 0.15) is 15.9 Å². The number of halogens is 1. The summed E-state index contributed by atoms with van der Waals surface area (Å²) in [4.78, 5) is 12.5. The molecule has 0 N–H and O–H groups in total. The summed E-state index contributed by atoms with van der Waals surface area (Å²) in [7, 11) is -3.90. The van der Waals surface area contributed by atoms with Crippen LogP contribution < -0.4 is 4.31 Å². The second-order valence-electron chi connectivity index (χ2n) is 6.39. The Balaban J connectivity index is 1.82. The Morgan fingerprint density at radius 3 is 2.37 bits per heavy atom. The van der Waals surface area contributed by atoms with Crippen molar-refractivity contribution in [3.8, 4) is 0 Å². The maximum absolute atomic E-state index is 13.2. The summed E-state index contributed by atoms with van der Waals surface area (Å²) in [5.41, 5.74) is 1.43. The molecule has 0 amide bonds. The molecule has 0 aromatic heterocycles. The molecule has 3 rings (SSSR count). The number of sulfonamides is 1. The van der Waals surface area contributed by atoms with Gasteiger partial charge < -0.3 is 4.74 Å². The fourth-order valence-electron chi connectivity index (χ4n) is 2.78. The number of benzene rings is 3. The highest BCUT2D eigenvalue weighted by atomic mass is 35.5. The predicted octanol–water partition coefficient (Wildman–Crippen LogP) is 5.08. The Labute approximate surface area is 181 Å². The monoisotopic (exact) mass is 441 g/mol. The van der Waals surface area contributed by atoms with E-state index in [0.29, 0.717) is 10.7 Å². The van der Waals surface area contributed by atoms with E-state index in [-0.39, 0.29) is 23.6 Å². The number of carbonyl (C=O) groups is 1. The van der Waals surface area contributed by atoms with Crippen molar-refractivity contribution < 1.29 is 17.9 Å². The van der Waals surface area contributed by atoms with E-state index in [2.05, 4.69) is 6.58 Å². The van der Waals surface area contributed by atoms with Crippen LogP contribution in [0.3, 0.4) is 0 Å². The van der Waals surface area contributed by atoms with E-state index in [9.17, 15) is 13.2 Å². The Morgan fingerprint density at radius 2 is 1.70 bits per heavy atom. The lowest BCUT2D eigenvalue weighted by Crippen LogP contribution is -2.31. The van der Waals surface area contributed by atoms with E-state index in [1.807, 2.05) is 0 Å². The van der Waals surface area contributed by atoms with Crippen LogP contribution in [-0.4, -0.2) is 20.9 Å². The molecule has 0 heterocycles. The van der Waals surface area contributed by atoms with E-state index >= 15 is 0 Å². The number of hydrogen-bond acceptors (Lipinski definition) is 4. The molecule has 5 nitrogen and oxygen atoms in total. The van der Waals surface area contributed by atoms with E-state index in [4.69, 9.17) is 16.3 Å². The van der Waals surface area contributed by atoms with Crippen molar-refractivity contribution in [2.75, 3.05) is 10.8 Å².